The van der Waals surface area contributed by atoms with Gasteiger partial charge in [0.1, 0.15) is 0 Å². The summed E-state index contributed by atoms with van der Waals surface area (Å²) in [5.74, 6) is 0. The van der Waals surface area contributed by atoms with Crippen LogP contribution in [-0.4, -0.2) is 31.8 Å². The van der Waals surface area contributed by atoms with Crippen molar-refractivity contribution >= 4 is 6.09 Å². The largest absolute Gasteiger partial charge is 0.464 e. The number of nitrogens with one attached hydrogen (secondary N) is 2. The molecule has 24 heavy (non-hydrogen) atoms. The predicted octanol–water partition coefficient (Wildman–Crippen LogP) is 3.08. The van der Waals surface area contributed by atoms with Gasteiger partial charge in [-0.1, -0.05) is 20.8 Å². The minimum absolute atomic E-state index is 0.0205. The van der Waals surface area contributed by atoms with Gasteiger partial charge in [0.15, 0.2) is 0 Å². The van der Waals surface area contributed by atoms with Crippen LogP contribution >= 0.6 is 0 Å². The second kappa shape index (κ2) is 7.44. The Morgan fingerprint density at radius 1 is 1.42 bits per heavy atom. The molecule has 130 valence electrons. The molecule has 3 N–H and O–H groups in total. The van der Waals surface area contributed by atoms with Gasteiger partial charge in [0.05, 0.1) is 12.0 Å². The first-order valence-electron chi connectivity index (χ1n) is 7.95. The van der Waals surface area contributed by atoms with E-state index in [1.165, 1.54) is 0 Å². The molecule has 1 amide bonds. The van der Waals surface area contributed by atoms with Crippen LogP contribution in [0.15, 0.2) is 37.1 Å². The fourth-order valence-electron chi connectivity index (χ4n) is 2.48. The molecule has 0 aliphatic carbocycles. The minimum Gasteiger partial charge on any atom is -0.464 e. The van der Waals surface area contributed by atoms with Crippen LogP contribution in [0.3, 0.4) is 0 Å². The van der Waals surface area contributed by atoms with Crippen LogP contribution in [0.1, 0.15) is 40.2 Å². The molecule has 0 saturated heterocycles. The van der Waals surface area contributed by atoms with Gasteiger partial charge in [-0.05, 0) is 30.9 Å². The number of nitrogens with zero attached hydrogens (tertiary/aromatic N) is 3. The van der Waals surface area contributed by atoms with E-state index in [9.17, 15) is 4.79 Å². The lowest BCUT2D eigenvalue weighted by Crippen LogP contribution is -2.50. The number of hydrogen-bond donors (Lipinski definition) is 3. The number of pyridine rings is 1. The van der Waals surface area contributed by atoms with E-state index >= 15 is 0 Å². The van der Waals surface area contributed by atoms with Crippen molar-refractivity contribution in [2.45, 2.75) is 46.2 Å². The molecule has 0 aliphatic heterocycles. The Hall–Kier alpha value is -2.41. The van der Waals surface area contributed by atoms with E-state index in [-0.39, 0.29) is 17.5 Å². The summed E-state index contributed by atoms with van der Waals surface area (Å²) in [6.45, 7) is 8.33. The third kappa shape index (κ3) is 4.79. The van der Waals surface area contributed by atoms with Gasteiger partial charge in [0.25, 0.3) is 0 Å². The molecule has 2 rings (SSSR count). The summed E-state index contributed by atoms with van der Waals surface area (Å²) in [5.41, 5.74) is 6.93. The monoisotopic (exact) mass is 331 g/mol. The fraction of sp³-hybridized carbons (Fsp3) is 0.471. The van der Waals surface area contributed by atoms with E-state index in [1.807, 2.05) is 22.9 Å². The SMILES string of the molecule is C[C@H](CC(NNC(=O)O)C(C)(C)C)n1cnc(-c2cccnc2)c1. The highest BCUT2D eigenvalue weighted by molar-refractivity contribution is 5.63. The average molecular weight is 331 g/mol. The van der Waals surface area contributed by atoms with Gasteiger partial charge < -0.3 is 9.67 Å². The van der Waals surface area contributed by atoms with E-state index in [4.69, 9.17) is 5.11 Å². The van der Waals surface area contributed by atoms with Gasteiger partial charge in [-0.25, -0.2) is 15.2 Å². The number of carbonyl (C=O) groups is 1. The maximum absolute atomic E-state index is 10.8. The molecule has 0 aromatic carbocycles. The van der Waals surface area contributed by atoms with Gasteiger partial charge >= 0.3 is 6.09 Å². The molecule has 0 bridgehead atoms. The molecule has 0 spiro atoms. The average Bonchev–Trinajstić information content (AvgIpc) is 3.00. The number of carboxylic acid groups (broad SMARTS) is 1. The number of hydrogen-bond acceptors (Lipinski definition) is 4. The summed E-state index contributed by atoms with van der Waals surface area (Å²) in [6, 6.07) is 4.00. The van der Waals surface area contributed by atoms with Crippen molar-refractivity contribution in [3.05, 3.63) is 37.1 Å². The van der Waals surface area contributed by atoms with E-state index in [1.54, 1.807) is 18.7 Å². The van der Waals surface area contributed by atoms with Crippen molar-refractivity contribution in [2.24, 2.45) is 5.41 Å². The Balaban J connectivity index is 2.08. The van der Waals surface area contributed by atoms with E-state index in [0.29, 0.717) is 0 Å². The smallest absolute Gasteiger partial charge is 0.419 e. The van der Waals surface area contributed by atoms with E-state index in [2.05, 4.69) is 48.5 Å². The first-order chi connectivity index (χ1) is 11.3. The zero-order valence-corrected chi connectivity index (χ0v) is 14.5. The minimum atomic E-state index is -1.08. The number of hydrazine groups is 1. The Morgan fingerprint density at radius 2 is 2.17 bits per heavy atom. The lowest BCUT2D eigenvalue weighted by molar-refractivity contribution is 0.167. The number of aromatic nitrogens is 3. The highest BCUT2D eigenvalue weighted by atomic mass is 16.4. The molecule has 2 aromatic heterocycles. The van der Waals surface area contributed by atoms with Crippen molar-refractivity contribution in [3.8, 4) is 11.3 Å². The maximum Gasteiger partial charge on any atom is 0.419 e. The molecular weight excluding hydrogens is 306 g/mol. The molecule has 1 unspecified atom stereocenters. The van der Waals surface area contributed by atoms with Crippen molar-refractivity contribution in [1.29, 1.82) is 0 Å². The third-order valence-electron chi connectivity index (χ3n) is 4.04. The van der Waals surface area contributed by atoms with E-state index in [0.717, 1.165) is 17.7 Å². The molecular formula is C17H25N5O2. The summed E-state index contributed by atoms with van der Waals surface area (Å²) in [6.07, 6.45) is 6.99. The molecule has 2 heterocycles. The number of imidazole rings is 1. The van der Waals surface area contributed by atoms with Crippen LogP contribution in [-0.2, 0) is 0 Å². The normalized spacial score (nSPS) is 14.2. The van der Waals surface area contributed by atoms with Crippen LogP contribution in [0.4, 0.5) is 4.79 Å². The first-order valence-corrected chi connectivity index (χ1v) is 7.95. The summed E-state index contributed by atoms with van der Waals surface area (Å²) in [4.78, 5) is 19.3. The standard InChI is InChI=1S/C17H25N5O2/c1-12(8-15(17(2,3)4)20-21-16(23)24)22-10-14(19-11-22)13-6-5-7-18-9-13/h5-7,9-12,15,20-21H,8H2,1-4H3,(H,23,24)/t12-,15?/m1/s1. The molecule has 2 aromatic rings. The zero-order chi connectivity index (χ0) is 17.7. The Morgan fingerprint density at radius 3 is 2.75 bits per heavy atom. The number of rotatable bonds is 6. The second-order valence-corrected chi connectivity index (χ2v) is 7.03. The Labute approximate surface area is 142 Å². The second-order valence-electron chi connectivity index (χ2n) is 7.03. The molecule has 7 heteroatoms. The lowest BCUT2D eigenvalue weighted by Gasteiger charge is -2.33. The molecule has 0 radical (unpaired) electrons. The molecule has 0 saturated carbocycles. The van der Waals surface area contributed by atoms with E-state index < -0.39 is 6.09 Å². The highest BCUT2D eigenvalue weighted by Crippen LogP contribution is 2.27. The summed E-state index contributed by atoms with van der Waals surface area (Å²) in [7, 11) is 0. The van der Waals surface area contributed by atoms with Gasteiger partial charge in [-0.2, -0.15) is 0 Å². The van der Waals surface area contributed by atoms with Crippen LogP contribution in [0.2, 0.25) is 0 Å². The van der Waals surface area contributed by atoms with Crippen molar-refractivity contribution in [1.82, 2.24) is 25.4 Å². The quantitative estimate of drug-likeness (QED) is 0.708. The summed E-state index contributed by atoms with van der Waals surface area (Å²) in [5, 5.41) is 8.81. The number of amides is 1. The zero-order valence-electron chi connectivity index (χ0n) is 14.5. The van der Waals surface area contributed by atoms with Crippen LogP contribution in [0, 0.1) is 5.41 Å². The predicted molar refractivity (Wildman–Crippen MR) is 92.3 cm³/mol. The lowest BCUT2D eigenvalue weighted by atomic mass is 9.83. The van der Waals surface area contributed by atoms with Gasteiger partial charge in [0, 0.05) is 36.2 Å². The summed E-state index contributed by atoms with van der Waals surface area (Å²) < 4.78 is 2.05. The van der Waals surface area contributed by atoms with Crippen molar-refractivity contribution in [3.63, 3.8) is 0 Å². The van der Waals surface area contributed by atoms with Crippen LogP contribution in [0.25, 0.3) is 11.3 Å². The maximum atomic E-state index is 10.8. The fourth-order valence-corrected chi connectivity index (χ4v) is 2.48. The summed E-state index contributed by atoms with van der Waals surface area (Å²) >= 11 is 0. The third-order valence-corrected chi connectivity index (χ3v) is 4.04. The topological polar surface area (TPSA) is 92.1 Å². The molecule has 0 aliphatic rings. The first kappa shape index (κ1) is 17.9. The molecule has 0 fully saturated rings. The van der Waals surface area contributed by atoms with Crippen molar-refractivity contribution in [2.75, 3.05) is 0 Å². The molecule has 2 atom stereocenters. The Kier molecular flexibility index (Phi) is 5.56. The van der Waals surface area contributed by atoms with Gasteiger partial charge in [-0.3, -0.25) is 10.4 Å². The van der Waals surface area contributed by atoms with Gasteiger partial charge in [0.2, 0.25) is 0 Å². The van der Waals surface area contributed by atoms with Crippen LogP contribution < -0.4 is 10.9 Å². The molecule has 7 nitrogen and oxygen atoms in total. The van der Waals surface area contributed by atoms with Crippen molar-refractivity contribution < 1.29 is 9.90 Å². The highest BCUT2D eigenvalue weighted by Gasteiger charge is 2.27. The Bertz CT molecular complexity index is 663. The van der Waals surface area contributed by atoms with Crippen LogP contribution in [0.5, 0.6) is 0 Å². The van der Waals surface area contributed by atoms with Gasteiger partial charge in [-0.15, -0.1) is 0 Å².